The molecule has 0 bridgehead atoms. The van der Waals surface area contributed by atoms with E-state index in [1.807, 2.05) is 0 Å². The van der Waals surface area contributed by atoms with Crippen LogP contribution in [0.4, 0.5) is 4.79 Å². The van der Waals surface area contributed by atoms with Gasteiger partial charge in [-0.1, -0.05) is 0 Å². The molecule has 0 atom stereocenters. The highest BCUT2D eigenvalue weighted by atomic mass is 35.5. The number of urea groups is 1. The molecule has 0 saturated heterocycles. The number of hydrogen-bond acceptors (Lipinski definition) is 1. The van der Waals surface area contributed by atoms with Crippen molar-refractivity contribution in [3.63, 3.8) is 0 Å². The maximum atomic E-state index is 10.2. The first-order valence-corrected chi connectivity index (χ1v) is 2.80. The van der Waals surface area contributed by atoms with Gasteiger partial charge in [0.2, 0.25) is 0 Å². The largest absolute Gasteiger partial charge is 0.350 e. The Labute approximate surface area is 52.5 Å². The molecule has 3 nitrogen and oxygen atoms in total. The minimum Gasteiger partial charge on any atom is -0.350 e. The van der Waals surface area contributed by atoms with Gasteiger partial charge in [0.15, 0.2) is 0 Å². The van der Waals surface area contributed by atoms with Gasteiger partial charge in [-0.3, -0.25) is 0 Å². The molecule has 0 aliphatic heterocycles. The van der Waals surface area contributed by atoms with Gasteiger partial charge >= 0.3 is 6.03 Å². The first-order chi connectivity index (χ1) is 3.72. The third-order valence-corrected chi connectivity index (χ3v) is 1.52. The minimum absolute atomic E-state index is 0.217. The fourth-order valence-electron chi connectivity index (χ4n) is 0.481. The monoisotopic (exact) mass is 134 g/mol. The van der Waals surface area contributed by atoms with Crippen molar-refractivity contribution in [2.45, 2.75) is 18.9 Å². The Morgan fingerprint density at radius 3 is 2.38 bits per heavy atom. The van der Waals surface area contributed by atoms with E-state index >= 15 is 0 Å². The van der Waals surface area contributed by atoms with Crippen molar-refractivity contribution in [2.75, 3.05) is 0 Å². The first kappa shape index (κ1) is 5.69. The van der Waals surface area contributed by atoms with Crippen LogP contribution in [0.1, 0.15) is 12.8 Å². The molecule has 0 unspecified atom stereocenters. The van der Waals surface area contributed by atoms with E-state index in [1.165, 1.54) is 0 Å². The van der Waals surface area contributed by atoms with Crippen molar-refractivity contribution in [2.24, 2.45) is 5.73 Å². The second-order valence-electron chi connectivity index (χ2n) is 1.88. The highest BCUT2D eigenvalue weighted by Gasteiger charge is 2.30. The Morgan fingerprint density at radius 2 is 2.25 bits per heavy atom. The van der Waals surface area contributed by atoms with Crippen LogP contribution in [-0.4, -0.2) is 16.5 Å². The number of rotatable bonds is 1. The van der Waals surface area contributed by atoms with Gasteiger partial charge in [0.25, 0.3) is 0 Å². The SMILES string of the molecule is NC(=O)N(Cl)C1CC1. The van der Waals surface area contributed by atoms with Gasteiger partial charge in [0.05, 0.1) is 6.04 Å². The zero-order valence-corrected chi connectivity index (χ0v) is 5.06. The molecule has 0 heterocycles. The van der Waals surface area contributed by atoms with E-state index in [9.17, 15) is 4.79 Å². The summed E-state index contributed by atoms with van der Waals surface area (Å²) in [7, 11) is 0. The summed E-state index contributed by atoms with van der Waals surface area (Å²) in [6, 6.07) is -0.330. The van der Waals surface area contributed by atoms with Crippen molar-refractivity contribution in [1.82, 2.24) is 4.42 Å². The predicted molar refractivity (Wildman–Crippen MR) is 30.3 cm³/mol. The van der Waals surface area contributed by atoms with Crippen molar-refractivity contribution in [3.05, 3.63) is 0 Å². The van der Waals surface area contributed by atoms with Crippen LogP contribution in [0.15, 0.2) is 0 Å². The van der Waals surface area contributed by atoms with Crippen LogP contribution in [0.25, 0.3) is 0 Å². The number of nitrogens with two attached hydrogens (primary N) is 1. The maximum Gasteiger partial charge on any atom is 0.329 e. The van der Waals surface area contributed by atoms with Crippen LogP contribution in [0.2, 0.25) is 0 Å². The van der Waals surface area contributed by atoms with Crippen molar-refractivity contribution in [3.8, 4) is 0 Å². The van der Waals surface area contributed by atoms with E-state index in [0.717, 1.165) is 17.3 Å². The second-order valence-corrected chi connectivity index (χ2v) is 2.24. The summed E-state index contributed by atoms with van der Waals surface area (Å²) in [6.07, 6.45) is 1.98. The van der Waals surface area contributed by atoms with Gasteiger partial charge in [0.1, 0.15) is 0 Å². The molecule has 0 spiro atoms. The topological polar surface area (TPSA) is 46.3 Å². The van der Waals surface area contributed by atoms with E-state index in [4.69, 9.17) is 17.5 Å². The summed E-state index contributed by atoms with van der Waals surface area (Å²) in [5.74, 6) is 0. The Kier molecular flexibility index (Phi) is 1.29. The quantitative estimate of drug-likeness (QED) is 0.527. The van der Waals surface area contributed by atoms with E-state index in [0.29, 0.717) is 0 Å². The average Bonchev–Trinajstić information content (AvgIpc) is 2.43. The zero-order valence-electron chi connectivity index (χ0n) is 4.30. The molecule has 8 heavy (non-hydrogen) atoms. The molecule has 46 valence electrons. The predicted octanol–water partition coefficient (Wildman–Crippen LogP) is 0.683. The van der Waals surface area contributed by atoms with Crippen molar-refractivity contribution < 1.29 is 4.79 Å². The molecule has 0 aromatic rings. The Morgan fingerprint density at radius 1 is 1.75 bits per heavy atom. The lowest BCUT2D eigenvalue weighted by atomic mass is 10.7. The van der Waals surface area contributed by atoms with E-state index < -0.39 is 6.03 Å². The van der Waals surface area contributed by atoms with Crippen LogP contribution in [0.5, 0.6) is 0 Å². The number of carbonyl (C=O) groups excluding carboxylic acids is 1. The fraction of sp³-hybridized carbons (Fsp3) is 0.750. The summed E-state index contributed by atoms with van der Waals surface area (Å²) in [6.45, 7) is 0. The summed E-state index contributed by atoms with van der Waals surface area (Å²) < 4.78 is 1.06. The number of primary amides is 1. The van der Waals surface area contributed by atoms with Crippen LogP contribution < -0.4 is 5.73 Å². The number of nitrogens with zero attached hydrogens (tertiary/aromatic N) is 1. The molecule has 1 aliphatic rings. The summed E-state index contributed by atoms with van der Waals surface area (Å²) in [5, 5.41) is 0. The normalized spacial score (nSPS) is 18.1. The third-order valence-electron chi connectivity index (χ3n) is 1.08. The Hall–Kier alpha value is -0.440. The molecule has 4 heteroatoms. The molecule has 1 fully saturated rings. The van der Waals surface area contributed by atoms with Crippen LogP contribution in [0.3, 0.4) is 0 Å². The number of hydrogen-bond donors (Lipinski definition) is 1. The second kappa shape index (κ2) is 1.82. The van der Waals surface area contributed by atoms with Crippen molar-refractivity contribution >= 4 is 17.8 Å². The van der Waals surface area contributed by atoms with Gasteiger partial charge in [-0.05, 0) is 12.8 Å². The molecule has 1 rings (SSSR count). The van der Waals surface area contributed by atoms with Crippen LogP contribution in [-0.2, 0) is 0 Å². The standard InChI is InChI=1S/C4H7ClN2O/c5-7(4(6)8)3-1-2-3/h3H,1-2H2,(H2,6,8). The minimum atomic E-state index is -0.547. The van der Waals surface area contributed by atoms with Crippen molar-refractivity contribution in [1.29, 1.82) is 0 Å². The summed E-state index contributed by atoms with van der Waals surface area (Å²) in [4.78, 5) is 10.2. The Bertz CT molecular complexity index is 113. The maximum absolute atomic E-state index is 10.2. The van der Waals surface area contributed by atoms with E-state index in [1.54, 1.807) is 0 Å². The van der Waals surface area contributed by atoms with Gasteiger partial charge in [-0.2, -0.15) is 0 Å². The van der Waals surface area contributed by atoms with Gasteiger partial charge < -0.3 is 5.73 Å². The molecule has 0 radical (unpaired) electrons. The average molecular weight is 135 g/mol. The molecule has 0 aromatic carbocycles. The highest BCUT2D eigenvalue weighted by Crippen LogP contribution is 2.27. The van der Waals surface area contributed by atoms with Gasteiger partial charge in [0, 0.05) is 11.8 Å². The molecule has 1 aliphatic carbocycles. The van der Waals surface area contributed by atoms with Crippen LogP contribution in [0, 0.1) is 0 Å². The van der Waals surface area contributed by atoms with Crippen LogP contribution >= 0.6 is 11.8 Å². The number of halogens is 1. The number of amides is 2. The first-order valence-electron chi connectivity index (χ1n) is 2.46. The lowest BCUT2D eigenvalue weighted by Gasteiger charge is -2.06. The lowest BCUT2D eigenvalue weighted by Crippen LogP contribution is -2.28. The third kappa shape index (κ3) is 1.04. The summed E-state index contributed by atoms with van der Waals surface area (Å²) >= 11 is 5.37. The number of carbonyl (C=O) groups is 1. The summed E-state index contributed by atoms with van der Waals surface area (Å²) in [5.41, 5.74) is 4.83. The molecule has 2 N–H and O–H groups in total. The zero-order chi connectivity index (χ0) is 6.15. The highest BCUT2D eigenvalue weighted by molar-refractivity contribution is 6.21. The molecular formula is C4H7ClN2O. The fourth-order valence-corrected chi connectivity index (χ4v) is 0.676. The molecular weight excluding hydrogens is 128 g/mol. The van der Waals surface area contributed by atoms with Gasteiger partial charge in [-0.25, -0.2) is 9.21 Å². The Balaban J connectivity index is 2.32. The smallest absolute Gasteiger partial charge is 0.329 e. The van der Waals surface area contributed by atoms with Gasteiger partial charge in [-0.15, -0.1) is 0 Å². The lowest BCUT2D eigenvalue weighted by molar-refractivity contribution is 0.232. The van der Waals surface area contributed by atoms with E-state index in [-0.39, 0.29) is 6.04 Å². The molecule has 2 amide bonds. The van der Waals surface area contributed by atoms with E-state index in [2.05, 4.69) is 0 Å². The molecule has 1 saturated carbocycles. The molecule has 0 aromatic heterocycles.